The average Bonchev–Trinajstić information content (AvgIpc) is 2.88. The number of nitrogens with one attached hydrogen (secondary N) is 2. The first-order valence-corrected chi connectivity index (χ1v) is 10.9. The van der Waals surface area contributed by atoms with Crippen molar-refractivity contribution in [1.82, 2.24) is 20.4 Å². The SMILES string of the molecule is CN=C(NCc1ccc(CN2CCCN(C)CC2)cc1)NC(C)CCC(C)C. The van der Waals surface area contributed by atoms with Gasteiger partial charge in [-0.2, -0.15) is 0 Å². The van der Waals surface area contributed by atoms with Crippen molar-refractivity contribution < 1.29 is 0 Å². The molecule has 0 aliphatic carbocycles. The maximum Gasteiger partial charge on any atom is 0.191 e. The van der Waals surface area contributed by atoms with Gasteiger partial charge >= 0.3 is 0 Å². The van der Waals surface area contributed by atoms with Gasteiger partial charge < -0.3 is 15.5 Å². The van der Waals surface area contributed by atoms with Crippen LogP contribution in [0.15, 0.2) is 29.3 Å². The normalized spacial score (nSPS) is 18.1. The van der Waals surface area contributed by atoms with Gasteiger partial charge in [0.2, 0.25) is 0 Å². The lowest BCUT2D eigenvalue weighted by Gasteiger charge is -2.20. The second-order valence-electron chi connectivity index (χ2n) is 8.69. The molecular weight excluding hydrogens is 346 g/mol. The highest BCUT2D eigenvalue weighted by Gasteiger charge is 2.12. The average molecular weight is 388 g/mol. The van der Waals surface area contributed by atoms with Gasteiger partial charge in [0.25, 0.3) is 0 Å². The number of aliphatic imine (C=N–C) groups is 1. The predicted octanol–water partition coefficient (Wildman–Crippen LogP) is 3.31. The Morgan fingerprint density at radius 1 is 1.00 bits per heavy atom. The van der Waals surface area contributed by atoms with Gasteiger partial charge in [0.15, 0.2) is 5.96 Å². The summed E-state index contributed by atoms with van der Waals surface area (Å²) in [7, 11) is 4.06. The fraction of sp³-hybridized carbons (Fsp3) is 0.696. The molecule has 0 spiro atoms. The number of likely N-dealkylation sites (N-methyl/N-ethyl adjacent to an activating group) is 1. The zero-order valence-electron chi connectivity index (χ0n) is 18.7. The van der Waals surface area contributed by atoms with Crippen LogP contribution >= 0.6 is 0 Å². The third-order valence-corrected chi connectivity index (χ3v) is 5.48. The van der Waals surface area contributed by atoms with Crippen molar-refractivity contribution in [2.45, 2.75) is 59.2 Å². The smallest absolute Gasteiger partial charge is 0.191 e. The molecule has 1 aromatic rings. The van der Waals surface area contributed by atoms with Crippen molar-refractivity contribution in [3.8, 4) is 0 Å². The van der Waals surface area contributed by atoms with E-state index in [4.69, 9.17) is 0 Å². The first-order chi connectivity index (χ1) is 13.5. The molecule has 1 aliphatic rings. The minimum Gasteiger partial charge on any atom is -0.354 e. The Kier molecular flexibility index (Phi) is 9.79. The molecule has 0 bridgehead atoms. The van der Waals surface area contributed by atoms with Gasteiger partial charge in [-0.3, -0.25) is 9.89 Å². The quantitative estimate of drug-likeness (QED) is 0.530. The van der Waals surface area contributed by atoms with Crippen LogP contribution in [0, 0.1) is 5.92 Å². The van der Waals surface area contributed by atoms with Crippen LogP contribution in [0.4, 0.5) is 0 Å². The number of guanidine groups is 1. The van der Waals surface area contributed by atoms with E-state index in [0.717, 1.165) is 31.5 Å². The van der Waals surface area contributed by atoms with Gasteiger partial charge in [-0.25, -0.2) is 0 Å². The third-order valence-electron chi connectivity index (χ3n) is 5.48. The van der Waals surface area contributed by atoms with Crippen molar-refractivity contribution in [2.75, 3.05) is 40.3 Å². The number of hydrogen-bond donors (Lipinski definition) is 2. The summed E-state index contributed by atoms with van der Waals surface area (Å²) in [5, 5.41) is 6.94. The van der Waals surface area contributed by atoms with Crippen LogP contribution in [0.25, 0.3) is 0 Å². The first-order valence-electron chi connectivity index (χ1n) is 10.9. The molecule has 0 radical (unpaired) electrons. The van der Waals surface area contributed by atoms with E-state index in [-0.39, 0.29) is 0 Å². The van der Waals surface area contributed by atoms with E-state index in [2.05, 4.69) is 77.5 Å². The number of benzene rings is 1. The number of hydrogen-bond acceptors (Lipinski definition) is 3. The Labute approximate surface area is 172 Å². The van der Waals surface area contributed by atoms with E-state index in [1.807, 2.05) is 7.05 Å². The fourth-order valence-corrected chi connectivity index (χ4v) is 3.55. The van der Waals surface area contributed by atoms with E-state index >= 15 is 0 Å². The largest absolute Gasteiger partial charge is 0.354 e. The molecule has 2 N–H and O–H groups in total. The Bertz CT molecular complexity index is 581. The van der Waals surface area contributed by atoms with Crippen LogP contribution in [0.2, 0.25) is 0 Å². The zero-order chi connectivity index (χ0) is 20.4. The molecule has 1 atom stereocenters. The van der Waals surface area contributed by atoms with Gasteiger partial charge in [-0.15, -0.1) is 0 Å². The second kappa shape index (κ2) is 12.1. The van der Waals surface area contributed by atoms with Crippen LogP contribution < -0.4 is 10.6 Å². The van der Waals surface area contributed by atoms with Gasteiger partial charge in [0.1, 0.15) is 0 Å². The lowest BCUT2D eigenvalue weighted by atomic mass is 10.0. The molecular formula is C23H41N5. The third kappa shape index (κ3) is 8.61. The summed E-state index contributed by atoms with van der Waals surface area (Å²) in [5.74, 6) is 1.63. The van der Waals surface area contributed by atoms with Crippen molar-refractivity contribution in [1.29, 1.82) is 0 Å². The summed E-state index contributed by atoms with van der Waals surface area (Å²) in [6.45, 7) is 13.4. The molecule has 0 amide bonds. The topological polar surface area (TPSA) is 42.9 Å². The fourth-order valence-electron chi connectivity index (χ4n) is 3.55. The lowest BCUT2D eigenvalue weighted by Crippen LogP contribution is -2.41. The standard InChI is InChI=1S/C23H41N5/c1-19(2)7-8-20(3)26-23(24-4)25-17-21-9-11-22(12-10-21)18-28-14-6-13-27(5)15-16-28/h9-12,19-20H,6-8,13-18H2,1-5H3,(H2,24,25,26). The summed E-state index contributed by atoms with van der Waals surface area (Å²) in [6, 6.07) is 9.45. The molecule has 158 valence electrons. The van der Waals surface area contributed by atoms with E-state index in [1.54, 1.807) is 0 Å². The Hall–Kier alpha value is -1.59. The highest BCUT2D eigenvalue weighted by atomic mass is 15.2. The molecule has 1 saturated heterocycles. The van der Waals surface area contributed by atoms with Gasteiger partial charge in [-0.05, 0) is 63.4 Å². The maximum atomic E-state index is 4.36. The van der Waals surface area contributed by atoms with Crippen molar-refractivity contribution >= 4 is 5.96 Å². The highest BCUT2D eigenvalue weighted by Crippen LogP contribution is 2.10. The summed E-state index contributed by atoms with van der Waals surface area (Å²) in [6.07, 6.45) is 3.67. The molecule has 28 heavy (non-hydrogen) atoms. The minimum atomic E-state index is 0.434. The van der Waals surface area contributed by atoms with Gasteiger partial charge in [-0.1, -0.05) is 38.1 Å². The molecule has 5 heteroatoms. The lowest BCUT2D eigenvalue weighted by molar-refractivity contribution is 0.269. The van der Waals surface area contributed by atoms with E-state index in [9.17, 15) is 0 Å². The molecule has 1 unspecified atom stereocenters. The number of rotatable bonds is 8. The molecule has 5 nitrogen and oxygen atoms in total. The highest BCUT2D eigenvalue weighted by molar-refractivity contribution is 5.79. The van der Waals surface area contributed by atoms with Crippen LogP contribution in [-0.4, -0.2) is 62.1 Å². The van der Waals surface area contributed by atoms with E-state index in [0.29, 0.717) is 6.04 Å². The Balaban J connectivity index is 1.76. The summed E-state index contributed by atoms with van der Waals surface area (Å²) < 4.78 is 0. The molecule has 2 rings (SSSR count). The van der Waals surface area contributed by atoms with E-state index in [1.165, 1.54) is 50.0 Å². The van der Waals surface area contributed by atoms with E-state index < -0.39 is 0 Å². The summed E-state index contributed by atoms with van der Waals surface area (Å²) in [5.41, 5.74) is 2.69. The first kappa shape index (κ1) is 22.7. The minimum absolute atomic E-state index is 0.434. The zero-order valence-corrected chi connectivity index (χ0v) is 18.7. The summed E-state index contributed by atoms with van der Waals surface area (Å²) in [4.78, 5) is 9.36. The monoisotopic (exact) mass is 387 g/mol. The Morgan fingerprint density at radius 3 is 2.39 bits per heavy atom. The van der Waals surface area contributed by atoms with Crippen LogP contribution in [0.1, 0.15) is 51.2 Å². The van der Waals surface area contributed by atoms with Crippen molar-refractivity contribution in [3.63, 3.8) is 0 Å². The summed E-state index contributed by atoms with van der Waals surface area (Å²) >= 11 is 0. The van der Waals surface area contributed by atoms with Crippen LogP contribution in [0.3, 0.4) is 0 Å². The predicted molar refractivity (Wildman–Crippen MR) is 121 cm³/mol. The van der Waals surface area contributed by atoms with Crippen LogP contribution in [0.5, 0.6) is 0 Å². The van der Waals surface area contributed by atoms with Crippen molar-refractivity contribution in [2.24, 2.45) is 10.9 Å². The molecule has 1 aromatic carbocycles. The molecule has 1 fully saturated rings. The second-order valence-corrected chi connectivity index (χ2v) is 8.69. The maximum absolute atomic E-state index is 4.36. The van der Waals surface area contributed by atoms with Gasteiger partial charge in [0, 0.05) is 39.3 Å². The van der Waals surface area contributed by atoms with Crippen LogP contribution in [-0.2, 0) is 13.1 Å². The van der Waals surface area contributed by atoms with Gasteiger partial charge in [0.05, 0.1) is 0 Å². The molecule has 1 aliphatic heterocycles. The Morgan fingerprint density at radius 2 is 1.71 bits per heavy atom. The molecule has 0 saturated carbocycles. The van der Waals surface area contributed by atoms with Crippen molar-refractivity contribution in [3.05, 3.63) is 35.4 Å². The number of nitrogens with zero attached hydrogens (tertiary/aromatic N) is 3. The molecule has 1 heterocycles. The molecule has 0 aromatic heterocycles.